The molecule has 1 saturated carbocycles. The first-order valence-electron chi connectivity index (χ1n) is 9.95. The van der Waals surface area contributed by atoms with E-state index in [0.29, 0.717) is 18.3 Å². The highest BCUT2D eigenvalue weighted by Gasteiger charge is 2.26. The smallest absolute Gasteiger partial charge is 0.258 e. The summed E-state index contributed by atoms with van der Waals surface area (Å²) in [4.78, 5) is 12.1. The van der Waals surface area contributed by atoms with Crippen LogP contribution in [0.5, 0.6) is 5.75 Å². The first kappa shape index (κ1) is 18.0. The van der Waals surface area contributed by atoms with Gasteiger partial charge in [-0.1, -0.05) is 12.8 Å². The molecule has 0 spiro atoms. The zero-order chi connectivity index (χ0) is 18.6. The van der Waals surface area contributed by atoms with Gasteiger partial charge in [0.25, 0.3) is 5.91 Å². The fourth-order valence-corrected chi connectivity index (χ4v) is 4.21. The third-order valence-corrected chi connectivity index (χ3v) is 5.60. The molecular formula is C21H26FN3O2. The van der Waals surface area contributed by atoms with E-state index in [0.717, 1.165) is 18.5 Å². The second-order valence-electron chi connectivity index (χ2n) is 7.48. The van der Waals surface area contributed by atoms with Gasteiger partial charge >= 0.3 is 0 Å². The zero-order valence-corrected chi connectivity index (χ0v) is 15.5. The summed E-state index contributed by atoms with van der Waals surface area (Å²) < 4.78 is 20.6. The molecule has 4 rings (SSSR count). The van der Waals surface area contributed by atoms with Crippen LogP contribution in [0.25, 0.3) is 0 Å². The molecule has 1 aromatic carbocycles. The molecule has 144 valence electrons. The van der Waals surface area contributed by atoms with Gasteiger partial charge in [-0.3, -0.25) is 9.48 Å². The van der Waals surface area contributed by atoms with Crippen molar-refractivity contribution < 1.29 is 13.9 Å². The molecule has 2 aliphatic carbocycles. The second kappa shape index (κ2) is 8.11. The number of halogens is 1. The molecule has 0 atom stereocenters. The van der Waals surface area contributed by atoms with Gasteiger partial charge in [0, 0.05) is 5.69 Å². The van der Waals surface area contributed by atoms with Gasteiger partial charge in [-0.25, -0.2) is 4.39 Å². The number of hydrogen-bond acceptors (Lipinski definition) is 3. The van der Waals surface area contributed by atoms with Crippen LogP contribution < -0.4 is 10.1 Å². The summed E-state index contributed by atoms with van der Waals surface area (Å²) >= 11 is 0. The Bertz CT molecular complexity index is 795. The van der Waals surface area contributed by atoms with E-state index in [4.69, 9.17) is 9.84 Å². The molecule has 0 aliphatic heterocycles. The lowest BCUT2D eigenvalue weighted by Crippen LogP contribution is -2.29. The summed E-state index contributed by atoms with van der Waals surface area (Å²) in [6.07, 6.45) is 9.57. The van der Waals surface area contributed by atoms with Gasteiger partial charge in [0.2, 0.25) is 0 Å². The van der Waals surface area contributed by atoms with Gasteiger partial charge in [0.05, 0.1) is 18.3 Å². The zero-order valence-electron chi connectivity index (χ0n) is 15.5. The molecule has 1 N–H and O–H groups in total. The number of aromatic nitrogens is 2. The van der Waals surface area contributed by atoms with Crippen LogP contribution in [0.1, 0.15) is 61.5 Å². The van der Waals surface area contributed by atoms with Crippen LogP contribution in [-0.2, 0) is 24.2 Å². The van der Waals surface area contributed by atoms with Crippen molar-refractivity contribution in [1.29, 1.82) is 0 Å². The molecule has 1 amide bonds. The molecule has 27 heavy (non-hydrogen) atoms. The number of nitrogens with one attached hydrogen (secondary N) is 1. The van der Waals surface area contributed by atoms with Crippen molar-refractivity contribution >= 4 is 5.91 Å². The lowest BCUT2D eigenvalue weighted by atomic mass is 9.95. The average Bonchev–Trinajstić information content (AvgIpc) is 3.34. The van der Waals surface area contributed by atoms with Crippen molar-refractivity contribution in [2.24, 2.45) is 0 Å². The van der Waals surface area contributed by atoms with Gasteiger partial charge in [0.15, 0.2) is 6.61 Å². The molecule has 0 radical (unpaired) electrons. The van der Waals surface area contributed by atoms with Crippen molar-refractivity contribution in [3.05, 3.63) is 47.0 Å². The second-order valence-corrected chi connectivity index (χ2v) is 7.48. The first-order chi connectivity index (χ1) is 13.2. The maximum Gasteiger partial charge on any atom is 0.258 e. The predicted molar refractivity (Wildman–Crippen MR) is 100 cm³/mol. The molecule has 2 aliphatic rings. The summed E-state index contributed by atoms with van der Waals surface area (Å²) in [6, 6.07) is 6.19. The molecule has 0 unspecified atom stereocenters. The van der Waals surface area contributed by atoms with E-state index < -0.39 is 0 Å². The molecule has 5 nitrogen and oxygen atoms in total. The molecule has 6 heteroatoms. The summed E-state index contributed by atoms with van der Waals surface area (Å²) in [6.45, 7) is 0.352. The van der Waals surface area contributed by atoms with Crippen LogP contribution in [-0.4, -0.2) is 22.3 Å². The molecule has 0 bridgehead atoms. The standard InChI is InChI=1S/C21H26FN3O2/c22-15-9-11-17(12-10-15)27-14-21(26)23-13-19-18-7-3-4-8-20(18)25(24-19)16-5-1-2-6-16/h9-12,16H,1-8,13-14H2,(H,23,26). The van der Waals surface area contributed by atoms with Gasteiger partial charge in [-0.15, -0.1) is 0 Å². The van der Waals surface area contributed by atoms with Gasteiger partial charge in [-0.05, 0) is 68.4 Å². The van der Waals surface area contributed by atoms with Crippen molar-refractivity contribution in [2.45, 2.75) is 64.0 Å². The highest BCUT2D eigenvalue weighted by molar-refractivity contribution is 5.77. The number of ether oxygens (including phenoxy) is 1. The van der Waals surface area contributed by atoms with Crippen LogP contribution in [0.3, 0.4) is 0 Å². The van der Waals surface area contributed by atoms with Gasteiger partial charge < -0.3 is 10.1 Å². The number of benzene rings is 1. The third kappa shape index (κ3) is 4.15. The van der Waals surface area contributed by atoms with Gasteiger partial charge in [0.1, 0.15) is 11.6 Å². The Morgan fingerprint density at radius 2 is 1.89 bits per heavy atom. The normalized spacial score (nSPS) is 16.9. The van der Waals surface area contributed by atoms with E-state index in [9.17, 15) is 9.18 Å². The maximum atomic E-state index is 12.9. The van der Waals surface area contributed by atoms with Gasteiger partial charge in [-0.2, -0.15) is 5.10 Å². The van der Waals surface area contributed by atoms with E-state index >= 15 is 0 Å². The average molecular weight is 371 g/mol. The van der Waals surface area contributed by atoms with E-state index in [1.54, 1.807) is 0 Å². The Hall–Kier alpha value is -2.37. The van der Waals surface area contributed by atoms with Crippen LogP contribution in [0.4, 0.5) is 4.39 Å². The number of hydrogen-bond donors (Lipinski definition) is 1. The highest BCUT2D eigenvalue weighted by atomic mass is 19.1. The minimum atomic E-state index is -0.325. The molecular weight excluding hydrogens is 345 g/mol. The summed E-state index contributed by atoms with van der Waals surface area (Å²) in [7, 11) is 0. The topological polar surface area (TPSA) is 56.1 Å². The summed E-state index contributed by atoms with van der Waals surface area (Å²) in [5, 5.41) is 7.81. The Balaban J connectivity index is 1.37. The van der Waals surface area contributed by atoms with E-state index in [1.165, 1.54) is 74.0 Å². The lowest BCUT2D eigenvalue weighted by molar-refractivity contribution is -0.123. The molecule has 1 heterocycles. The number of fused-ring (bicyclic) bond motifs is 1. The number of amides is 1. The van der Waals surface area contributed by atoms with Crippen molar-refractivity contribution in [3.8, 4) is 5.75 Å². The Kier molecular flexibility index (Phi) is 5.41. The van der Waals surface area contributed by atoms with Crippen LogP contribution in [0.2, 0.25) is 0 Å². The molecule has 0 saturated heterocycles. The first-order valence-corrected chi connectivity index (χ1v) is 9.95. The Labute approximate surface area is 158 Å². The highest BCUT2D eigenvalue weighted by Crippen LogP contribution is 2.34. The number of carbonyl (C=O) groups excluding carboxylic acids is 1. The van der Waals surface area contributed by atoms with Crippen molar-refractivity contribution in [1.82, 2.24) is 15.1 Å². The number of rotatable bonds is 6. The van der Waals surface area contributed by atoms with Crippen LogP contribution in [0, 0.1) is 5.82 Å². The quantitative estimate of drug-likeness (QED) is 0.842. The Morgan fingerprint density at radius 3 is 2.67 bits per heavy atom. The third-order valence-electron chi connectivity index (χ3n) is 5.60. The summed E-state index contributed by atoms with van der Waals surface area (Å²) in [5.41, 5.74) is 3.74. The summed E-state index contributed by atoms with van der Waals surface area (Å²) in [5.74, 6) is -0.0387. The van der Waals surface area contributed by atoms with E-state index in [1.807, 2.05) is 0 Å². The molecule has 2 aromatic rings. The minimum absolute atomic E-state index is 0.0862. The predicted octanol–water partition coefficient (Wildman–Crippen LogP) is 3.71. The lowest BCUT2D eigenvalue weighted by Gasteiger charge is -2.18. The van der Waals surface area contributed by atoms with Crippen LogP contribution >= 0.6 is 0 Å². The van der Waals surface area contributed by atoms with E-state index in [-0.39, 0.29) is 18.3 Å². The molecule has 1 fully saturated rings. The maximum absolute atomic E-state index is 12.9. The number of carbonyl (C=O) groups is 1. The number of nitrogens with zero attached hydrogens (tertiary/aromatic N) is 2. The molecule has 1 aromatic heterocycles. The van der Waals surface area contributed by atoms with E-state index in [2.05, 4.69) is 10.00 Å². The Morgan fingerprint density at radius 1 is 1.15 bits per heavy atom. The fraction of sp³-hybridized carbons (Fsp3) is 0.524. The van der Waals surface area contributed by atoms with Crippen molar-refractivity contribution in [2.75, 3.05) is 6.61 Å². The SMILES string of the molecule is O=C(COc1ccc(F)cc1)NCc1nn(C2CCCC2)c2c1CCCC2. The minimum Gasteiger partial charge on any atom is -0.484 e. The van der Waals surface area contributed by atoms with Crippen LogP contribution in [0.15, 0.2) is 24.3 Å². The fourth-order valence-electron chi connectivity index (χ4n) is 4.21. The monoisotopic (exact) mass is 371 g/mol. The largest absolute Gasteiger partial charge is 0.484 e. The van der Waals surface area contributed by atoms with Crippen molar-refractivity contribution in [3.63, 3.8) is 0 Å².